The number of primary amides is 1. The number of hydrogen-bond acceptors (Lipinski definition) is 4. The van der Waals surface area contributed by atoms with Crippen LogP contribution in [0.2, 0.25) is 0 Å². The van der Waals surface area contributed by atoms with Gasteiger partial charge >= 0.3 is 0 Å². The van der Waals surface area contributed by atoms with E-state index in [4.69, 9.17) is 15.2 Å². The second-order valence-electron chi connectivity index (χ2n) is 5.97. The molecule has 2 aromatic rings. The Morgan fingerprint density at radius 2 is 1.76 bits per heavy atom. The molecule has 0 unspecified atom stereocenters. The summed E-state index contributed by atoms with van der Waals surface area (Å²) in [5.74, 6) is 0.794. The molecule has 0 saturated carbocycles. The summed E-state index contributed by atoms with van der Waals surface area (Å²) in [7, 11) is 0. The van der Waals surface area contributed by atoms with Crippen LogP contribution in [0.15, 0.2) is 48.5 Å². The minimum Gasteiger partial charge on any atom is -0.493 e. The Labute approximate surface area is 146 Å². The molecule has 0 radical (unpaired) electrons. The van der Waals surface area contributed by atoms with Crippen molar-refractivity contribution >= 4 is 17.5 Å². The lowest BCUT2D eigenvalue weighted by molar-refractivity contribution is -0.119. The predicted octanol–water partition coefficient (Wildman–Crippen LogP) is 2.84. The Balaban J connectivity index is 1.97. The number of ether oxygens (including phenoxy) is 2. The van der Waals surface area contributed by atoms with Crippen molar-refractivity contribution in [1.82, 2.24) is 0 Å². The summed E-state index contributed by atoms with van der Waals surface area (Å²) < 4.78 is 10.8. The van der Waals surface area contributed by atoms with Gasteiger partial charge in [0.15, 0.2) is 6.61 Å². The van der Waals surface area contributed by atoms with E-state index in [1.165, 1.54) is 0 Å². The highest BCUT2D eigenvalue weighted by molar-refractivity contribution is 6.04. The molecule has 2 aromatic carbocycles. The molecule has 0 saturated heterocycles. The van der Waals surface area contributed by atoms with Crippen molar-refractivity contribution in [1.29, 1.82) is 0 Å². The van der Waals surface area contributed by atoms with E-state index in [0.717, 1.165) is 0 Å². The van der Waals surface area contributed by atoms with E-state index in [0.29, 0.717) is 35.3 Å². The van der Waals surface area contributed by atoms with E-state index >= 15 is 0 Å². The highest BCUT2D eigenvalue weighted by Crippen LogP contribution is 2.18. The third-order valence-corrected chi connectivity index (χ3v) is 3.17. The minimum absolute atomic E-state index is 0.186. The maximum absolute atomic E-state index is 12.3. The fourth-order valence-corrected chi connectivity index (χ4v) is 1.98. The first-order chi connectivity index (χ1) is 11.9. The average Bonchev–Trinajstić information content (AvgIpc) is 2.59. The summed E-state index contributed by atoms with van der Waals surface area (Å²) in [5.41, 5.74) is 6.14. The van der Waals surface area contributed by atoms with Crippen molar-refractivity contribution in [2.75, 3.05) is 18.5 Å². The third-order valence-electron chi connectivity index (χ3n) is 3.17. The van der Waals surface area contributed by atoms with Gasteiger partial charge in [-0.25, -0.2) is 0 Å². The Hall–Kier alpha value is -3.02. The van der Waals surface area contributed by atoms with Crippen molar-refractivity contribution < 1.29 is 19.1 Å². The Morgan fingerprint density at radius 1 is 1.04 bits per heavy atom. The highest BCUT2D eigenvalue weighted by Gasteiger charge is 2.08. The number of benzene rings is 2. The number of nitrogens with two attached hydrogens (primary N) is 1. The van der Waals surface area contributed by atoms with Crippen molar-refractivity contribution in [3.05, 3.63) is 54.1 Å². The van der Waals surface area contributed by atoms with Gasteiger partial charge in [0.05, 0.1) is 6.61 Å². The highest BCUT2D eigenvalue weighted by atomic mass is 16.5. The van der Waals surface area contributed by atoms with Crippen LogP contribution in [0.25, 0.3) is 0 Å². The lowest BCUT2D eigenvalue weighted by Gasteiger charge is -2.10. The summed E-state index contributed by atoms with van der Waals surface area (Å²) in [4.78, 5) is 23.0. The molecule has 132 valence electrons. The molecule has 3 N–H and O–H groups in total. The molecule has 2 rings (SSSR count). The molecule has 25 heavy (non-hydrogen) atoms. The second kappa shape index (κ2) is 8.73. The van der Waals surface area contributed by atoms with Crippen molar-refractivity contribution in [3.8, 4) is 11.5 Å². The van der Waals surface area contributed by atoms with Crippen LogP contribution in [0.1, 0.15) is 24.2 Å². The van der Waals surface area contributed by atoms with Crippen molar-refractivity contribution in [2.45, 2.75) is 13.8 Å². The first-order valence-corrected chi connectivity index (χ1v) is 7.99. The number of amides is 2. The fourth-order valence-electron chi connectivity index (χ4n) is 1.98. The van der Waals surface area contributed by atoms with Gasteiger partial charge in [-0.3, -0.25) is 9.59 Å². The Bertz CT molecular complexity index is 726. The summed E-state index contributed by atoms with van der Waals surface area (Å²) in [6.45, 7) is 4.54. The molecule has 0 aliphatic carbocycles. The van der Waals surface area contributed by atoms with Gasteiger partial charge in [-0.2, -0.15) is 0 Å². The van der Waals surface area contributed by atoms with E-state index in [1.54, 1.807) is 42.5 Å². The van der Waals surface area contributed by atoms with Gasteiger partial charge in [0.25, 0.3) is 11.8 Å². The van der Waals surface area contributed by atoms with Gasteiger partial charge < -0.3 is 20.5 Å². The molecule has 0 heterocycles. The largest absolute Gasteiger partial charge is 0.493 e. The van der Waals surface area contributed by atoms with E-state index < -0.39 is 5.91 Å². The quantitative estimate of drug-likeness (QED) is 0.772. The topological polar surface area (TPSA) is 90.7 Å². The molecule has 0 atom stereocenters. The summed E-state index contributed by atoms with van der Waals surface area (Å²) in [6.07, 6.45) is 0. The number of carbonyl (C=O) groups excluding carboxylic acids is 2. The minimum atomic E-state index is -0.544. The summed E-state index contributed by atoms with van der Waals surface area (Å²) in [5, 5.41) is 2.80. The van der Waals surface area contributed by atoms with Crippen molar-refractivity contribution in [2.24, 2.45) is 11.7 Å². The molecule has 0 aliphatic rings. The third kappa shape index (κ3) is 6.18. The van der Waals surface area contributed by atoms with E-state index in [1.807, 2.05) is 6.07 Å². The molecule has 2 amide bonds. The lowest BCUT2D eigenvalue weighted by Crippen LogP contribution is -2.20. The van der Waals surface area contributed by atoms with E-state index in [2.05, 4.69) is 19.2 Å². The maximum atomic E-state index is 12.3. The normalized spacial score (nSPS) is 10.4. The van der Waals surface area contributed by atoms with Crippen LogP contribution in [0.4, 0.5) is 5.69 Å². The van der Waals surface area contributed by atoms with E-state index in [9.17, 15) is 9.59 Å². The number of anilines is 1. The van der Waals surface area contributed by atoms with Gasteiger partial charge in [-0.15, -0.1) is 0 Å². The summed E-state index contributed by atoms with van der Waals surface area (Å²) in [6, 6.07) is 13.7. The van der Waals surface area contributed by atoms with Crippen LogP contribution < -0.4 is 20.5 Å². The van der Waals surface area contributed by atoms with Crippen LogP contribution in [0, 0.1) is 5.92 Å². The lowest BCUT2D eigenvalue weighted by atomic mass is 10.2. The smallest absolute Gasteiger partial charge is 0.255 e. The molecular weight excluding hydrogens is 320 g/mol. The molecule has 0 aliphatic heterocycles. The number of carbonyl (C=O) groups is 2. The molecule has 0 fully saturated rings. The van der Waals surface area contributed by atoms with Crippen LogP contribution >= 0.6 is 0 Å². The van der Waals surface area contributed by atoms with Crippen molar-refractivity contribution in [3.63, 3.8) is 0 Å². The standard InChI is InChI=1S/C19H22N2O4/c1-13(2)11-24-17-5-3-4-14(10-17)19(23)21-15-6-8-16(9-7-15)25-12-18(20)22/h3-10,13H,11-12H2,1-2H3,(H2,20,22)(H,21,23). The fraction of sp³-hybridized carbons (Fsp3) is 0.263. The monoisotopic (exact) mass is 342 g/mol. The van der Waals surface area contributed by atoms with Gasteiger partial charge in [0, 0.05) is 11.3 Å². The number of hydrogen-bond donors (Lipinski definition) is 2. The zero-order valence-corrected chi connectivity index (χ0v) is 14.3. The maximum Gasteiger partial charge on any atom is 0.255 e. The SMILES string of the molecule is CC(C)COc1cccc(C(=O)Nc2ccc(OCC(N)=O)cc2)c1. The molecule has 6 nitrogen and oxygen atoms in total. The molecule has 0 aromatic heterocycles. The zero-order valence-electron chi connectivity index (χ0n) is 14.3. The molecule has 0 spiro atoms. The Morgan fingerprint density at radius 3 is 2.40 bits per heavy atom. The van der Waals surface area contributed by atoms with Gasteiger partial charge in [0.1, 0.15) is 11.5 Å². The van der Waals surface area contributed by atoms with Gasteiger partial charge in [-0.05, 0) is 48.4 Å². The van der Waals surface area contributed by atoms with E-state index in [-0.39, 0.29) is 12.5 Å². The van der Waals surface area contributed by atoms with Crippen LogP contribution in [0.5, 0.6) is 11.5 Å². The number of rotatable bonds is 8. The van der Waals surface area contributed by atoms with Crippen LogP contribution in [-0.4, -0.2) is 25.0 Å². The number of nitrogens with one attached hydrogen (secondary N) is 1. The van der Waals surface area contributed by atoms with Gasteiger partial charge in [-0.1, -0.05) is 19.9 Å². The predicted molar refractivity (Wildman–Crippen MR) is 95.9 cm³/mol. The van der Waals surface area contributed by atoms with Crippen LogP contribution in [0.3, 0.4) is 0 Å². The molecular formula is C19H22N2O4. The zero-order chi connectivity index (χ0) is 18.2. The van der Waals surface area contributed by atoms with Crippen LogP contribution in [-0.2, 0) is 4.79 Å². The Kier molecular flexibility index (Phi) is 6.39. The second-order valence-corrected chi connectivity index (χ2v) is 5.97. The first kappa shape index (κ1) is 18.3. The van der Waals surface area contributed by atoms with Gasteiger partial charge in [0.2, 0.25) is 0 Å². The molecule has 0 bridgehead atoms. The average molecular weight is 342 g/mol. The summed E-state index contributed by atoms with van der Waals surface area (Å²) >= 11 is 0. The molecule has 6 heteroatoms. The first-order valence-electron chi connectivity index (χ1n) is 7.99.